The minimum atomic E-state index is -0.234. The van der Waals surface area contributed by atoms with Crippen molar-refractivity contribution in [1.29, 1.82) is 0 Å². The number of hydrogen-bond acceptors (Lipinski definition) is 3. The van der Waals surface area contributed by atoms with Gasteiger partial charge >= 0.3 is 0 Å². The maximum absolute atomic E-state index is 13.4. The van der Waals surface area contributed by atoms with Crippen molar-refractivity contribution in [1.82, 2.24) is 9.80 Å². The zero-order valence-electron chi connectivity index (χ0n) is 21.6. The number of likely N-dealkylation sites (tertiary alicyclic amines) is 1. The maximum Gasteiger partial charge on any atom is 0.254 e. The van der Waals surface area contributed by atoms with Gasteiger partial charge in [-0.3, -0.25) is 9.59 Å². The van der Waals surface area contributed by atoms with Crippen LogP contribution < -0.4 is 4.90 Å². The third kappa shape index (κ3) is 5.13. The monoisotopic (exact) mass is 507 g/mol. The molecule has 0 unspecified atom stereocenters. The number of anilines is 1. The largest absolute Gasteiger partial charge is 0.371 e. The summed E-state index contributed by atoms with van der Waals surface area (Å²) in [4.78, 5) is 31.7. The maximum atomic E-state index is 13.4. The van der Waals surface area contributed by atoms with Crippen LogP contribution in [0.4, 0.5) is 5.69 Å². The van der Waals surface area contributed by atoms with Crippen LogP contribution in [0.2, 0.25) is 5.02 Å². The summed E-state index contributed by atoms with van der Waals surface area (Å²) in [5, 5.41) is 0.523. The quantitative estimate of drug-likeness (QED) is 0.509. The summed E-state index contributed by atoms with van der Waals surface area (Å²) in [6.07, 6.45) is 7.90. The highest BCUT2D eigenvalue weighted by Crippen LogP contribution is 2.50. The number of carbonyl (C=O) groups is 2. The van der Waals surface area contributed by atoms with E-state index >= 15 is 0 Å². The van der Waals surface area contributed by atoms with Gasteiger partial charge in [-0.15, -0.1) is 0 Å². The van der Waals surface area contributed by atoms with Gasteiger partial charge in [-0.25, -0.2) is 0 Å². The fourth-order valence-corrected chi connectivity index (χ4v) is 6.45. The predicted molar refractivity (Wildman–Crippen MR) is 146 cm³/mol. The molecule has 192 valence electrons. The van der Waals surface area contributed by atoms with Crippen molar-refractivity contribution in [3.8, 4) is 0 Å². The smallest absolute Gasteiger partial charge is 0.254 e. The third-order valence-electron chi connectivity index (χ3n) is 8.62. The van der Waals surface area contributed by atoms with Gasteiger partial charge in [0.25, 0.3) is 5.91 Å². The topological polar surface area (TPSA) is 43.9 Å². The minimum Gasteiger partial charge on any atom is -0.371 e. The first kappa shape index (κ1) is 25.1. The van der Waals surface area contributed by atoms with Crippen LogP contribution >= 0.6 is 11.6 Å². The molecule has 0 N–H and O–H groups in total. The molecular formula is C30H38ClN3O2. The fourth-order valence-electron chi connectivity index (χ4n) is 6.20. The van der Waals surface area contributed by atoms with Gasteiger partial charge in [-0.05, 0) is 80.5 Å². The summed E-state index contributed by atoms with van der Waals surface area (Å²) in [7, 11) is 3.49. The first-order chi connectivity index (χ1) is 17.4. The van der Waals surface area contributed by atoms with E-state index in [1.165, 1.54) is 24.8 Å². The van der Waals surface area contributed by atoms with Gasteiger partial charge in [0.15, 0.2) is 0 Å². The Morgan fingerprint density at radius 3 is 2.08 bits per heavy atom. The highest BCUT2D eigenvalue weighted by Gasteiger charge is 2.53. The van der Waals surface area contributed by atoms with Crippen LogP contribution in [0.15, 0.2) is 48.5 Å². The summed E-state index contributed by atoms with van der Waals surface area (Å²) < 4.78 is 0. The third-order valence-corrected chi connectivity index (χ3v) is 8.94. The molecule has 6 heteroatoms. The lowest BCUT2D eigenvalue weighted by Crippen LogP contribution is -2.44. The van der Waals surface area contributed by atoms with Gasteiger partial charge in [0.2, 0.25) is 5.91 Å². The number of halogens is 1. The summed E-state index contributed by atoms with van der Waals surface area (Å²) in [6.45, 7) is 3.87. The molecular weight excluding hydrogens is 470 g/mol. The Labute approximate surface area is 220 Å². The second-order valence-corrected chi connectivity index (χ2v) is 11.6. The molecule has 1 saturated carbocycles. The average molecular weight is 508 g/mol. The highest BCUT2D eigenvalue weighted by atomic mass is 35.5. The van der Waals surface area contributed by atoms with E-state index in [-0.39, 0.29) is 11.3 Å². The van der Waals surface area contributed by atoms with E-state index in [4.69, 9.17) is 11.6 Å². The van der Waals surface area contributed by atoms with Crippen molar-refractivity contribution in [3.05, 3.63) is 64.7 Å². The van der Waals surface area contributed by atoms with E-state index < -0.39 is 0 Å². The Morgan fingerprint density at radius 1 is 0.917 bits per heavy atom. The van der Waals surface area contributed by atoms with Crippen molar-refractivity contribution in [2.75, 3.05) is 45.2 Å². The van der Waals surface area contributed by atoms with Crippen molar-refractivity contribution < 1.29 is 9.59 Å². The number of benzene rings is 2. The first-order valence-electron chi connectivity index (χ1n) is 13.5. The van der Waals surface area contributed by atoms with E-state index in [0.717, 1.165) is 69.4 Å². The van der Waals surface area contributed by atoms with E-state index in [1.54, 1.807) is 19.0 Å². The van der Waals surface area contributed by atoms with Crippen molar-refractivity contribution >= 4 is 29.1 Å². The van der Waals surface area contributed by atoms with Crippen LogP contribution in [0.1, 0.15) is 60.9 Å². The van der Waals surface area contributed by atoms with Gasteiger partial charge < -0.3 is 14.7 Å². The standard InChI is InChI=1S/C30H38ClN3O2/c1-32(2)28(35)26-9-8-25(21-27(26)31)33-16-10-22(11-17-33)20-23-12-18-34(19-13-23)29(36)30(14-15-30)24-6-4-3-5-7-24/h3-9,21-23H,10-20H2,1-2H3. The Bertz CT molecular complexity index is 1080. The van der Waals surface area contributed by atoms with Gasteiger partial charge in [-0.1, -0.05) is 41.9 Å². The molecule has 3 aliphatic rings. The molecule has 2 saturated heterocycles. The number of carbonyl (C=O) groups excluding carboxylic acids is 2. The lowest BCUT2D eigenvalue weighted by Gasteiger charge is -2.38. The number of nitrogens with zero attached hydrogens (tertiary/aromatic N) is 3. The second kappa shape index (κ2) is 10.5. The Balaban J connectivity index is 1.09. The average Bonchev–Trinajstić information content (AvgIpc) is 3.71. The van der Waals surface area contributed by atoms with Gasteiger partial charge in [0.1, 0.15) is 0 Å². The molecule has 0 aromatic heterocycles. The molecule has 1 aliphatic carbocycles. The molecule has 5 rings (SSSR count). The first-order valence-corrected chi connectivity index (χ1v) is 13.9. The molecule has 0 spiro atoms. The van der Waals surface area contributed by atoms with Crippen LogP contribution in [-0.2, 0) is 10.2 Å². The van der Waals surface area contributed by atoms with Crippen LogP contribution in [-0.4, -0.2) is 61.9 Å². The van der Waals surface area contributed by atoms with E-state index in [2.05, 4.69) is 34.1 Å². The highest BCUT2D eigenvalue weighted by molar-refractivity contribution is 6.34. The van der Waals surface area contributed by atoms with Crippen LogP contribution in [0.3, 0.4) is 0 Å². The predicted octanol–water partition coefficient (Wildman–Crippen LogP) is 5.62. The van der Waals surface area contributed by atoms with Gasteiger partial charge in [-0.2, -0.15) is 0 Å². The normalized spacial score (nSPS) is 20.3. The van der Waals surface area contributed by atoms with E-state index in [0.29, 0.717) is 16.5 Å². The molecule has 3 fully saturated rings. The van der Waals surface area contributed by atoms with Crippen molar-refractivity contribution in [2.24, 2.45) is 11.8 Å². The number of rotatable bonds is 6. The lowest BCUT2D eigenvalue weighted by molar-refractivity contribution is -0.135. The Kier molecular flexibility index (Phi) is 7.30. The van der Waals surface area contributed by atoms with Gasteiger partial charge in [0, 0.05) is 46.0 Å². The zero-order chi connectivity index (χ0) is 25.3. The molecule has 2 amide bonds. The summed E-state index contributed by atoms with van der Waals surface area (Å²) in [5.74, 6) is 1.77. The molecule has 2 aromatic rings. The fraction of sp³-hybridized carbons (Fsp3) is 0.533. The molecule has 0 radical (unpaired) electrons. The molecule has 36 heavy (non-hydrogen) atoms. The molecule has 2 heterocycles. The van der Waals surface area contributed by atoms with Crippen LogP contribution in [0.25, 0.3) is 0 Å². The second-order valence-electron chi connectivity index (χ2n) is 11.2. The Morgan fingerprint density at radius 2 is 1.53 bits per heavy atom. The molecule has 0 atom stereocenters. The van der Waals surface area contributed by atoms with Crippen LogP contribution in [0.5, 0.6) is 0 Å². The minimum absolute atomic E-state index is 0.0645. The lowest BCUT2D eigenvalue weighted by atomic mass is 9.82. The van der Waals surface area contributed by atoms with Gasteiger partial charge in [0.05, 0.1) is 16.0 Å². The Hall–Kier alpha value is -2.53. The molecule has 2 aromatic carbocycles. The zero-order valence-corrected chi connectivity index (χ0v) is 22.3. The van der Waals surface area contributed by atoms with Crippen molar-refractivity contribution in [3.63, 3.8) is 0 Å². The molecule has 0 bridgehead atoms. The molecule has 2 aliphatic heterocycles. The molecule has 5 nitrogen and oxygen atoms in total. The number of amides is 2. The van der Waals surface area contributed by atoms with E-state index in [9.17, 15) is 9.59 Å². The number of hydrogen-bond donors (Lipinski definition) is 0. The number of piperidine rings is 2. The SMILES string of the molecule is CN(C)C(=O)c1ccc(N2CCC(CC3CCN(C(=O)C4(c5ccccc5)CC4)CC3)CC2)cc1Cl. The van der Waals surface area contributed by atoms with E-state index in [1.807, 2.05) is 24.3 Å². The van der Waals surface area contributed by atoms with Crippen molar-refractivity contribution in [2.45, 2.75) is 50.4 Å². The van der Waals surface area contributed by atoms with Crippen LogP contribution in [0, 0.1) is 11.8 Å². The summed E-state index contributed by atoms with van der Waals surface area (Å²) in [5.41, 5.74) is 2.63. The summed E-state index contributed by atoms with van der Waals surface area (Å²) in [6, 6.07) is 16.2. The summed E-state index contributed by atoms with van der Waals surface area (Å²) >= 11 is 6.44.